The molecule has 3 rings (SSSR count). The summed E-state index contributed by atoms with van der Waals surface area (Å²) in [6.07, 6.45) is 5.89. The average molecular weight is 284 g/mol. The Bertz CT molecular complexity index is 575. The number of likely N-dealkylation sites (tertiary alicyclic amines) is 1. The van der Waals surface area contributed by atoms with E-state index in [9.17, 15) is 0 Å². The van der Waals surface area contributed by atoms with Crippen molar-refractivity contribution in [3.05, 3.63) is 48.3 Å². The first-order chi connectivity index (χ1) is 10.4. The standard InChI is InChI=1S/C16H20N4O/c21-11-10-20-9-3-4-14(20)13-6-8-18-16(12-13)19-15-5-1-2-7-17-15/h1-2,5-8,12,14,21H,3-4,9-11H2,(H,17,18,19)/t14-/m1/s1. The molecule has 1 aliphatic rings. The van der Waals surface area contributed by atoms with Crippen molar-refractivity contribution in [1.29, 1.82) is 0 Å². The van der Waals surface area contributed by atoms with E-state index in [2.05, 4.69) is 32.3 Å². The first-order valence-corrected chi connectivity index (χ1v) is 7.36. The lowest BCUT2D eigenvalue weighted by molar-refractivity contribution is 0.185. The van der Waals surface area contributed by atoms with Gasteiger partial charge in [-0.3, -0.25) is 4.90 Å². The number of pyridine rings is 2. The number of hydrogen-bond donors (Lipinski definition) is 2. The molecular formula is C16H20N4O. The Morgan fingerprint density at radius 2 is 2.10 bits per heavy atom. The molecule has 1 fully saturated rings. The van der Waals surface area contributed by atoms with Crippen LogP contribution in [0, 0.1) is 0 Å². The van der Waals surface area contributed by atoms with Crippen LogP contribution in [0.2, 0.25) is 0 Å². The van der Waals surface area contributed by atoms with E-state index in [-0.39, 0.29) is 6.61 Å². The maximum absolute atomic E-state index is 9.17. The Labute approximate surface area is 124 Å². The van der Waals surface area contributed by atoms with Crippen LogP contribution in [0.3, 0.4) is 0 Å². The van der Waals surface area contributed by atoms with E-state index in [1.54, 1.807) is 6.20 Å². The summed E-state index contributed by atoms with van der Waals surface area (Å²) >= 11 is 0. The first-order valence-electron chi connectivity index (χ1n) is 7.36. The predicted octanol–water partition coefficient (Wildman–Crippen LogP) is 2.35. The highest BCUT2D eigenvalue weighted by atomic mass is 16.3. The molecule has 2 aromatic heterocycles. The van der Waals surface area contributed by atoms with Crippen LogP contribution in [0.25, 0.3) is 0 Å². The van der Waals surface area contributed by atoms with Crippen LogP contribution in [0.15, 0.2) is 42.7 Å². The SMILES string of the molecule is OCCN1CCC[C@@H]1c1ccnc(Nc2ccccn2)c1. The van der Waals surface area contributed by atoms with Crippen molar-refractivity contribution in [1.82, 2.24) is 14.9 Å². The van der Waals surface area contributed by atoms with Gasteiger partial charge in [-0.15, -0.1) is 0 Å². The third-order valence-electron chi connectivity index (χ3n) is 3.84. The van der Waals surface area contributed by atoms with E-state index < -0.39 is 0 Å². The molecule has 5 heteroatoms. The normalized spacial score (nSPS) is 18.8. The third-order valence-corrected chi connectivity index (χ3v) is 3.84. The molecular weight excluding hydrogens is 264 g/mol. The van der Waals surface area contributed by atoms with Gasteiger partial charge in [0, 0.05) is 25.0 Å². The number of anilines is 2. The van der Waals surface area contributed by atoms with Crippen LogP contribution < -0.4 is 5.32 Å². The molecule has 3 heterocycles. The molecule has 0 aliphatic carbocycles. The quantitative estimate of drug-likeness (QED) is 0.882. The lowest BCUT2D eigenvalue weighted by Gasteiger charge is -2.24. The molecule has 2 aromatic rings. The van der Waals surface area contributed by atoms with Gasteiger partial charge in [0.25, 0.3) is 0 Å². The molecule has 5 nitrogen and oxygen atoms in total. The van der Waals surface area contributed by atoms with Gasteiger partial charge in [-0.05, 0) is 49.2 Å². The van der Waals surface area contributed by atoms with Gasteiger partial charge in [0.05, 0.1) is 6.61 Å². The van der Waals surface area contributed by atoms with E-state index in [0.29, 0.717) is 6.04 Å². The average Bonchev–Trinajstić information content (AvgIpc) is 2.97. The zero-order valence-electron chi connectivity index (χ0n) is 11.9. The Kier molecular flexibility index (Phi) is 4.43. The van der Waals surface area contributed by atoms with Crippen molar-refractivity contribution in [3.8, 4) is 0 Å². The van der Waals surface area contributed by atoms with Crippen LogP contribution in [0.4, 0.5) is 11.6 Å². The maximum Gasteiger partial charge on any atom is 0.131 e. The van der Waals surface area contributed by atoms with E-state index in [0.717, 1.165) is 31.1 Å². The molecule has 21 heavy (non-hydrogen) atoms. The summed E-state index contributed by atoms with van der Waals surface area (Å²) < 4.78 is 0. The van der Waals surface area contributed by atoms with Crippen molar-refractivity contribution in [2.45, 2.75) is 18.9 Å². The fraction of sp³-hybridized carbons (Fsp3) is 0.375. The molecule has 0 spiro atoms. The van der Waals surface area contributed by atoms with Gasteiger partial charge < -0.3 is 10.4 Å². The van der Waals surface area contributed by atoms with Crippen LogP contribution in [-0.4, -0.2) is 39.7 Å². The molecule has 0 bridgehead atoms. The Hall–Kier alpha value is -1.98. The maximum atomic E-state index is 9.17. The highest BCUT2D eigenvalue weighted by molar-refractivity contribution is 5.52. The van der Waals surface area contributed by atoms with Gasteiger partial charge in [-0.1, -0.05) is 6.07 Å². The fourth-order valence-electron chi connectivity index (χ4n) is 2.89. The van der Waals surface area contributed by atoms with Gasteiger partial charge in [0.2, 0.25) is 0 Å². The van der Waals surface area contributed by atoms with E-state index >= 15 is 0 Å². The monoisotopic (exact) mass is 284 g/mol. The summed E-state index contributed by atoms with van der Waals surface area (Å²) in [6.45, 7) is 1.99. The smallest absolute Gasteiger partial charge is 0.131 e. The lowest BCUT2D eigenvalue weighted by Crippen LogP contribution is -2.26. The first kappa shape index (κ1) is 14.0. The van der Waals surface area contributed by atoms with Crippen molar-refractivity contribution in [3.63, 3.8) is 0 Å². The van der Waals surface area contributed by atoms with Crippen molar-refractivity contribution in [2.75, 3.05) is 25.0 Å². The summed E-state index contributed by atoms with van der Waals surface area (Å²) in [5.41, 5.74) is 1.24. The van der Waals surface area contributed by atoms with Gasteiger partial charge in [-0.25, -0.2) is 9.97 Å². The zero-order valence-corrected chi connectivity index (χ0v) is 11.9. The van der Waals surface area contributed by atoms with Crippen molar-refractivity contribution in [2.24, 2.45) is 0 Å². The van der Waals surface area contributed by atoms with Gasteiger partial charge in [0.1, 0.15) is 11.6 Å². The molecule has 2 N–H and O–H groups in total. The minimum Gasteiger partial charge on any atom is -0.395 e. The van der Waals surface area contributed by atoms with Crippen molar-refractivity contribution >= 4 is 11.6 Å². The molecule has 0 amide bonds. The largest absolute Gasteiger partial charge is 0.395 e. The Morgan fingerprint density at radius 1 is 1.19 bits per heavy atom. The fourth-order valence-corrected chi connectivity index (χ4v) is 2.89. The third kappa shape index (κ3) is 3.37. The topological polar surface area (TPSA) is 61.3 Å². The van der Waals surface area contributed by atoms with Crippen LogP contribution in [-0.2, 0) is 0 Å². The molecule has 0 saturated carbocycles. The summed E-state index contributed by atoms with van der Waals surface area (Å²) in [5.74, 6) is 1.60. The van der Waals surface area contributed by atoms with E-state index in [4.69, 9.17) is 5.11 Å². The number of hydrogen-bond acceptors (Lipinski definition) is 5. The second-order valence-electron chi connectivity index (χ2n) is 5.23. The second kappa shape index (κ2) is 6.65. The molecule has 1 aliphatic heterocycles. The summed E-state index contributed by atoms with van der Waals surface area (Å²) in [7, 11) is 0. The Balaban J connectivity index is 1.77. The number of rotatable bonds is 5. The number of aliphatic hydroxyl groups excluding tert-OH is 1. The zero-order chi connectivity index (χ0) is 14.5. The second-order valence-corrected chi connectivity index (χ2v) is 5.23. The van der Waals surface area contributed by atoms with Crippen LogP contribution in [0.5, 0.6) is 0 Å². The Morgan fingerprint density at radius 3 is 2.90 bits per heavy atom. The molecule has 0 aromatic carbocycles. The predicted molar refractivity (Wildman–Crippen MR) is 82.4 cm³/mol. The van der Waals surface area contributed by atoms with Gasteiger partial charge in [0.15, 0.2) is 0 Å². The molecule has 1 atom stereocenters. The summed E-state index contributed by atoms with van der Waals surface area (Å²) in [6, 6.07) is 10.3. The van der Waals surface area contributed by atoms with Crippen molar-refractivity contribution < 1.29 is 5.11 Å². The number of aliphatic hydroxyl groups is 1. The highest BCUT2D eigenvalue weighted by Crippen LogP contribution is 2.32. The number of aromatic nitrogens is 2. The van der Waals surface area contributed by atoms with Crippen LogP contribution in [0.1, 0.15) is 24.4 Å². The minimum absolute atomic E-state index is 0.209. The molecule has 1 saturated heterocycles. The highest BCUT2D eigenvalue weighted by Gasteiger charge is 2.25. The number of β-amino-alcohol motifs (C(OH)–C–C–N with tert-alkyl or cyclic N) is 1. The molecule has 110 valence electrons. The van der Waals surface area contributed by atoms with Crippen LogP contribution >= 0.6 is 0 Å². The number of nitrogens with one attached hydrogen (secondary N) is 1. The number of nitrogens with zero attached hydrogens (tertiary/aromatic N) is 3. The van der Waals surface area contributed by atoms with E-state index in [1.165, 1.54) is 12.0 Å². The van der Waals surface area contributed by atoms with Gasteiger partial charge in [-0.2, -0.15) is 0 Å². The minimum atomic E-state index is 0.209. The summed E-state index contributed by atoms with van der Waals surface area (Å²) in [5, 5.41) is 12.4. The lowest BCUT2D eigenvalue weighted by atomic mass is 10.1. The molecule has 0 unspecified atom stereocenters. The van der Waals surface area contributed by atoms with E-state index in [1.807, 2.05) is 24.4 Å². The molecule has 0 radical (unpaired) electrons. The summed E-state index contributed by atoms with van der Waals surface area (Å²) in [4.78, 5) is 10.9. The van der Waals surface area contributed by atoms with Gasteiger partial charge >= 0.3 is 0 Å².